The van der Waals surface area contributed by atoms with E-state index < -0.39 is 0 Å². The minimum absolute atomic E-state index is 0.146. The third-order valence-corrected chi connectivity index (χ3v) is 5.66. The summed E-state index contributed by atoms with van der Waals surface area (Å²) in [4.78, 5) is 17.7. The van der Waals surface area contributed by atoms with Crippen LogP contribution in [0.2, 0.25) is 0 Å². The van der Waals surface area contributed by atoms with Gasteiger partial charge in [-0.1, -0.05) is 30.3 Å². The van der Waals surface area contributed by atoms with E-state index in [1.54, 1.807) is 12.4 Å². The van der Waals surface area contributed by atoms with E-state index in [4.69, 9.17) is 4.74 Å². The zero-order valence-corrected chi connectivity index (χ0v) is 17.8. The van der Waals surface area contributed by atoms with Crippen molar-refractivity contribution in [3.05, 3.63) is 53.9 Å². The van der Waals surface area contributed by atoms with E-state index in [1.807, 2.05) is 41.9 Å². The highest BCUT2D eigenvalue weighted by Gasteiger charge is 2.23. The van der Waals surface area contributed by atoms with Crippen molar-refractivity contribution in [1.82, 2.24) is 20.1 Å². The summed E-state index contributed by atoms with van der Waals surface area (Å²) in [7, 11) is 0. The van der Waals surface area contributed by atoms with Crippen LogP contribution in [0.15, 0.2) is 42.7 Å². The molecule has 1 fully saturated rings. The van der Waals surface area contributed by atoms with Crippen molar-refractivity contribution in [3.8, 4) is 0 Å². The highest BCUT2D eigenvalue weighted by Crippen LogP contribution is 2.28. The van der Waals surface area contributed by atoms with E-state index in [9.17, 15) is 9.90 Å². The molecule has 31 heavy (non-hydrogen) atoms. The molecule has 1 amide bonds. The number of anilines is 1. The smallest absolute Gasteiger partial charge is 0.255 e. The lowest BCUT2D eigenvalue weighted by molar-refractivity contribution is 0.0901. The van der Waals surface area contributed by atoms with Crippen LogP contribution < -0.4 is 10.6 Å². The third-order valence-electron chi connectivity index (χ3n) is 5.66. The summed E-state index contributed by atoms with van der Waals surface area (Å²) < 4.78 is 7.29. The van der Waals surface area contributed by atoms with Gasteiger partial charge in [0.1, 0.15) is 0 Å². The topological polar surface area (TPSA) is 101 Å². The molecule has 0 radical (unpaired) electrons. The maximum absolute atomic E-state index is 13.2. The van der Waals surface area contributed by atoms with E-state index in [0.717, 1.165) is 35.1 Å². The predicted octanol–water partition coefficient (Wildman–Crippen LogP) is 2.38. The summed E-state index contributed by atoms with van der Waals surface area (Å²) in [5.41, 5.74) is 3.00. The number of rotatable bonds is 8. The van der Waals surface area contributed by atoms with E-state index in [-0.39, 0.29) is 24.6 Å². The van der Waals surface area contributed by atoms with E-state index in [2.05, 4.69) is 20.7 Å². The van der Waals surface area contributed by atoms with Crippen LogP contribution in [0.4, 0.5) is 5.69 Å². The maximum atomic E-state index is 13.2. The molecule has 0 spiro atoms. The first-order valence-corrected chi connectivity index (χ1v) is 10.8. The first kappa shape index (κ1) is 21.3. The van der Waals surface area contributed by atoms with Crippen molar-refractivity contribution in [3.63, 3.8) is 0 Å². The first-order valence-electron chi connectivity index (χ1n) is 10.8. The number of aliphatic hydroxyl groups is 1. The van der Waals surface area contributed by atoms with Gasteiger partial charge in [-0.25, -0.2) is 9.67 Å². The molecule has 3 aromatic rings. The molecule has 1 aromatic carbocycles. The Labute approximate surface area is 181 Å². The molecule has 0 unspecified atom stereocenters. The number of aromatic nitrogens is 3. The molecule has 0 bridgehead atoms. The van der Waals surface area contributed by atoms with Gasteiger partial charge < -0.3 is 20.5 Å². The number of aliphatic hydroxyl groups excluding tert-OH is 1. The molecule has 0 saturated carbocycles. The number of aryl methyl sites for hydroxylation is 1. The van der Waals surface area contributed by atoms with Gasteiger partial charge in [0.15, 0.2) is 5.65 Å². The average molecular weight is 424 g/mol. The highest BCUT2D eigenvalue weighted by atomic mass is 16.5. The quantitative estimate of drug-likeness (QED) is 0.514. The fourth-order valence-corrected chi connectivity index (χ4v) is 3.95. The molecular formula is C23H29N5O3. The number of pyridine rings is 1. The molecule has 1 saturated heterocycles. The Bertz CT molecular complexity index is 1010. The number of hydrogen-bond donors (Lipinski definition) is 3. The van der Waals surface area contributed by atoms with Crippen LogP contribution in [0, 0.1) is 0 Å². The largest absolute Gasteiger partial charge is 0.394 e. The lowest BCUT2D eigenvalue weighted by Gasteiger charge is -2.26. The molecule has 8 heteroatoms. The SMILES string of the molecule is CCn1ncc2c(NC3CCOCC3)c(C(=O)N[C@H](CO)Cc3ccccc3)cnc21. The fraction of sp³-hybridized carbons (Fsp3) is 0.435. The van der Waals surface area contributed by atoms with Crippen molar-refractivity contribution in [1.29, 1.82) is 0 Å². The van der Waals surface area contributed by atoms with Crippen molar-refractivity contribution in [2.75, 3.05) is 25.1 Å². The molecule has 1 aliphatic rings. The van der Waals surface area contributed by atoms with Gasteiger partial charge in [-0.05, 0) is 31.7 Å². The van der Waals surface area contributed by atoms with Crippen LogP contribution in [0.5, 0.6) is 0 Å². The first-order chi connectivity index (χ1) is 15.2. The number of benzene rings is 1. The fourth-order valence-electron chi connectivity index (χ4n) is 3.95. The van der Waals surface area contributed by atoms with E-state index >= 15 is 0 Å². The number of amides is 1. The van der Waals surface area contributed by atoms with Crippen molar-refractivity contribution < 1.29 is 14.6 Å². The summed E-state index contributed by atoms with van der Waals surface area (Å²) in [5, 5.41) is 21.6. The van der Waals surface area contributed by atoms with Gasteiger partial charge in [-0.15, -0.1) is 0 Å². The molecule has 164 valence electrons. The Morgan fingerprint density at radius 1 is 1.26 bits per heavy atom. The zero-order chi connectivity index (χ0) is 21.6. The summed E-state index contributed by atoms with van der Waals surface area (Å²) in [6.45, 7) is 3.96. The Hall–Kier alpha value is -2.97. The summed E-state index contributed by atoms with van der Waals surface area (Å²) in [6.07, 6.45) is 5.66. The lowest BCUT2D eigenvalue weighted by Crippen LogP contribution is -2.39. The normalized spacial score (nSPS) is 15.7. The maximum Gasteiger partial charge on any atom is 0.255 e. The number of carbonyl (C=O) groups excluding carboxylic acids is 1. The molecule has 8 nitrogen and oxygen atoms in total. The van der Waals surface area contributed by atoms with Gasteiger partial charge in [0.05, 0.1) is 35.5 Å². The van der Waals surface area contributed by atoms with Gasteiger partial charge in [0, 0.05) is 32.0 Å². The monoisotopic (exact) mass is 423 g/mol. The Morgan fingerprint density at radius 2 is 2.03 bits per heavy atom. The van der Waals surface area contributed by atoms with Crippen LogP contribution >= 0.6 is 0 Å². The number of carbonyl (C=O) groups is 1. The minimum atomic E-state index is -0.389. The number of nitrogens with zero attached hydrogens (tertiary/aromatic N) is 3. The molecule has 0 aliphatic carbocycles. The second-order valence-electron chi connectivity index (χ2n) is 7.82. The van der Waals surface area contributed by atoms with Gasteiger partial charge >= 0.3 is 0 Å². The number of ether oxygens (including phenoxy) is 1. The van der Waals surface area contributed by atoms with Crippen molar-refractivity contribution >= 4 is 22.6 Å². The summed E-state index contributed by atoms with van der Waals surface area (Å²) in [5.74, 6) is -0.261. The predicted molar refractivity (Wildman–Crippen MR) is 119 cm³/mol. The molecule has 2 aromatic heterocycles. The van der Waals surface area contributed by atoms with Crippen LogP contribution in [-0.4, -0.2) is 57.7 Å². The third kappa shape index (κ3) is 4.86. The summed E-state index contributed by atoms with van der Waals surface area (Å²) >= 11 is 0. The average Bonchev–Trinajstić information content (AvgIpc) is 3.24. The van der Waals surface area contributed by atoms with Crippen LogP contribution in [0.25, 0.3) is 11.0 Å². The molecule has 1 atom stereocenters. The standard InChI is InChI=1S/C23H29N5O3/c1-2-28-22-19(14-25-28)21(26-17-8-10-31-11-9-17)20(13-24-22)23(30)27-18(15-29)12-16-6-4-3-5-7-16/h3-7,13-14,17-18,29H,2,8-12,15H2,1H3,(H,24,26)(H,27,30)/t18-/m0/s1. The molecular weight excluding hydrogens is 394 g/mol. The molecule has 1 aliphatic heterocycles. The highest BCUT2D eigenvalue weighted by molar-refractivity contribution is 6.06. The van der Waals surface area contributed by atoms with Gasteiger partial charge in [0.2, 0.25) is 0 Å². The van der Waals surface area contributed by atoms with Crippen LogP contribution in [-0.2, 0) is 17.7 Å². The molecule has 4 rings (SSSR count). The summed E-state index contributed by atoms with van der Waals surface area (Å²) in [6, 6.07) is 9.64. The second-order valence-corrected chi connectivity index (χ2v) is 7.82. The van der Waals surface area contributed by atoms with Crippen molar-refractivity contribution in [2.45, 2.75) is 44.8 Å². The number of hydrogen-bond acceptors (Lipinski definition) is 6. The number of nitrogens with one attached hydrogen (secondary N) is 2. The minimum Gasteiger partial charge on any atom is -0.394 e. The van der Waals surface area contributed by atoms with Crippen molar-refractivity contribution in [2.24, 2.45) is 0 Å². The Morgan fingerprint density at radius 3 is 2.74 bits per heavy atom. The van der Waals surface area contributed by atoms with Crippen LogP contribution in [0.1, 0.15) is 35.7 Å². The van der Waals surface area contributed by atoms with E-state index in [1.165, 1.54) is 0 Å². The second kappa shape index (κ2) is 9.89. The Kier molecular flexibility index (Phi) is 6.79. The molecule has 3 heterocycles. The Balaban J connectivity index is 1.61. The van der Waals surface area contributed by atoms with Crippen LogP contribution in [0.3, 0.4) is 0 Å². The van der Waals surface area contributed by atoms with Gasteiger partial charge in [-0.3, -0.25) is 4.79 Å². The lowest BCUT2D eigenvalue weighted by atomic mass is 10.0. The van der Waals surface area contributed by atoms with E-state index in [0.29, 0.717) is 31.7 Å². The van der Waals surface area contributed by atoms with Gasteiger partial charge in [0.25, 0.3) is 5.91 Å². The molecule has 3 N–H and O–H groups in total. The zero-order valence-electron chi connectivity index (χ0n) is 17.8. The number of fused-ring (bicyclic) bond motifs is 1. The van der Waals surface area contributed by atoms with Gasteiger partial charge in [-0.2, -0.15) is 5.10 Å².